The Morgan fingerprint density at radius 2 is 2.38 bits per heavy atom. The van der Waals surface area contributed by atoms with E-state index < -0.39 is 5.97 Å². The lowest BCUT2D eigenvalue weighted by molar-refractivity contribution is -0.133. The Labute approximate surface area is 77.4 Å². The summed E-state index contributed by atoms with van der Waals surface area (Å²) in [7, 11) is 0. The van der Waals surface area contributed by atoms with Crippen LogP contribution in [0.25, 0.3) is 0 Å². The van der Waals surface area contributed by atoms with Gasteiger partial charge in [0.1, 0.15) is 0 Å². The molecule has 1 heterocycles. The minimum atomic E-state index is -0.783. The van der Waals surface area contributed by atoms with Gasteiger partial charge < -0.3 is 9.84 Å². The molecule has 0 aromatic heterocycles. The largest absolute Gasteiger partial charge is 0.478 e. The Kier molecular flexibility index (Phi) is 2.12. The average Bonchev–Trinajstić information content (AvgIpc) is 2.53. The number of rotatable bonds is 1. The van der Waals surface area contributed by atoms with Gasteiger partial charge in [0, 0.05) is 18.6 Å². The average molecular weight is 182 g/mol. The van der Waals surface area contributed by atoms with E-state index in [1.165, 1.54) is 0 Å². The number of aliphatic carboxylic acids is 1. The summed E-state index contributed by atoms with van der Waals surface area (Å²) in [5, 5.41) is 8.86. The topological polar surface area (TPSA) is 46.5 Å². The molecule has 1 fully saturated rings. The number of carbonyl (C=O) groups is 1. The van der Waals surface area contributed by atoms with Gasteiger partial charge in [-0.25, -0.2) is 4.79 Å². The summed E-state index contributed by atoms with van der Waals surface area (Å²) >= 11 is 0. The van der Waals surface area contributed by atoms with Crippen molar-refractivity contribution in [2.24, 2.45) is 0 Å². The van der Waals surface area contributed by atoms with Gasteiger partial charge in [-0.05, 0) is 25.7 Å². The number of hydrogen-bond acceptors (Lipinski definition) is 2. The summed E-state index contributed by atoms with van der Waals surface area (Å²) < 4.78 is 5.66. The molecule has 1 atom stereocenters. The highest BCUT2D eigenvalue weighted by atomic mass is 16.5. The Morgan fingerprint density at radius 3 is 3.00 bits per heavy atom. The zero-order chi connectivity index (χ0) is 9.31. The van der Waals surface area contributed by atoms with Gasteiger partial charge in [-0.15, -0.1) is 0 Å². The number of carboxylic acids is 1. The summed E-state index contributed by atoms with van der Waals surface area (Å²) in [5.74, 6) is -0.783. The van der Waals surface area contributed by atoms with Gasteiger partial charge in [-0.1, -0.05) is 6.08 Å². The molecule has 1 saturated heterocycles. The predicted octanol–water partition coefficient (Wildman–Crippen LogP) is 1.73. The molecule has 1 spiro atoms. The third-order valence-corrected chi connectivity index (χ3v) is 2.96. The lowest BCUT2D eigenvalue weighted by Gasteiger charge is -2.31. The van der Waals surface area contributed by atoms with Crippen molar-refractivity contribution < 1.29 is 14.6 Å². The van der Waals surface area contributed by atoms with Gasteiger partial charge in [0.05, 0.1) is 5.60 Å². The molecule has 0 saturated carbocycles. The Bertz CT molecular complexity index is 249. The second-order valence-electron chi connectivity index (χ2n) is 3.88. The standard InChI is InChI=1S/C10H14O3/c11-9(12)8-3-1-4-10(7-8)5-2-6-13-10/h3H,1-2,4-7H2,(H,11,12). The van der Waals surface area contributed by atoms with Crippen molar-refractivity contribution in [1.29, 1.82) is 0 Å². The fraction of sp³-hybridized carbons (Fsp3) is 0.700. The number of carboxylic acid groups (broad SMARTS) is 1. The van der Waals surface area contributed by atoms with Crippen LogP contribution in [0.1, 0.15) is 32.1 Å². The van der Waals surface area contributed by atoms with Crippen molar-refractivity contribution in [2.75, 3.05) is 6.61 Å². The summed E-state index contributed by atoms with van der Waals surface area (Å²) in [5.41, 5.74) is 0.413. The SMILES string of the molecule is O=C(O)C1=CCCC2(CCCO2)C1. The lowest BCUT2D eigenvalue weighted by Crippen LogP contribution is -2.32. The molecule has 1 aliphatic carbocycles. The maximum absolute atomic E-state index is 10.8. The van der Waals surface area contributed by atoms with Gasteiger partial charge >= 0.3 is 5.97 Å². The van der Waals surface area contributed by atoms with Crippen LogP contribution in [0.3, 0.4) is 0 Å². The van der Waals surface area contributed by atoms with Gasteiger partial charge in [-0.2, -0.15) is 0 Å². The third kappa shape index (κ3) is 1.61. The van der Waals surface area contributed by atoms with E-state index in [0.717, 1.165) is 32.3 Å². The summed E-state index contributed by atoms with van der Waals surface area (Å²) in [6, 6.07) is 0. The van der Waals surface area contributed by atoms with Crippen molar-refractivity contribution in [3.05, 3.63) is 11.6 Å². The number of allylic oxidation sites excluding steroid dienone is 1. The normalized spacial score (nSPS) is 33.4. The first-order valence-electron chi connectivity index (χ1n) is 4.78. The van der Waals surface area contributed by atoms with Crippen molar-refractivity contribution in [3.63, 3.8) is 0 Å². The molecule has 1 aliphatic heterocycles. The van der Waals surface area contributed by atoms with E-state index in [2.05, 4.69) is 0 Å². The van der Waals surface area contributed by atoms with Crippen LogP contribution in [-0.2, 0) is 9.53 Å². The van der Waals surface area contributed by atoms with Crippen molar-refractivity contribution >= 4 is 5.97 Å². The highest BCUT2D eigenvalue weighted by molar-refractivity contribution is 5.86. The van der Waals surface area contributed by atoms with E-state index in [1.54, 1.807) is 0 Å². The molecule has 0 bridgehead atoms. The zero-order valence-electron chi connectivity index (χ0n) is 7.58. The summed E-state index contributed by atoms with van der Waals surface area (Å²) in [4.78, 5) is 10.8. The minimum absolute atomic E-state index is 0.123. The molecule has 0 aromatic carbocycles. The molecule has 2 aliphatic rings. The predicted molar refractivity (Wildman–Crippen MR) is 47.5 cm³/mol. The molecule has 3 heteroatoms. The molecule has 72 valence electrons. The molecular formula is C10H14O3. The Morgan fingerprint density at radius 1 is 1.54 bits per heavy atom. The lowest BCUT2D eigenvalue weighted by atomic mass is 9.82. The van der Waals surface area contributed by atoms with Crippen LogP contribution in [0.15, 0.2) is 11.6 Å². The second-order valence-corrected chi connectivity index (χ2v) is 3.88. The fourth-order valence-electron chi connectivity index (χ4n) is 2.27. The van der Waals surface area contributed by atoms with E-state index in [4.69, 9.17) is 9.84 Å². The van der Waals surface area contributed by atoms with Crippen LogP contribution in [-0.4, -0.2) is 23.3 Å². The number of hydrogen-bond donors (Lipinski definition) is 1. The third-order valence-electron chi connectivity index (χ3n) is 2.96. The molecule has 3 nitrogen and oxygen atoms in total. The molecular weight excluding hydrogens is 168 g/mol. The molecule has 0 aromatic rings. The first kappa shape index (κ1) is 8.75. The van der Waals surface area contributed by atoms with Crippen molar-refractivity contribution in [3.8, 4) is 0 Å². The van der Waals surface area contributed by atoms with Gasteiger partial charge in [0.25, 0.3) is 0 Å². The van der Waals surface area contributed by atoms with Crippen LogP contribution in [0.5, 0.6) is 0 Å². The van der Waals surface area contributed by atoms with Crippen LogP contribution < -0.4 is 0 Å². The highest BCUT2D eigenvalue weighted by Crippen LogP contribution is 2.39. The quantitative estimate of drug-likeness (QED) is 0.671. The van der Waals surface area contributed by atoms with Crippen LogP contribution in [0.2, 0.25) is 0 Å². The monoisotopic (exact) mass is 182 g/mol. The highest BCUT2D eigenvalue weighted by Gasteiger charge is 2.38. The zero-order valence-corrected chi connectivity index (χ0v) is 7.58. The van der Waals surface area contributed by atoms with Gasteiger partial charge in [0.15, 0.2) is 0 Å². The first-order valence-corrected chi connectivity index (χ1v) is 4.78. The van der Waals surface area contributed by atoms with Crippen molar-refractivity contribution in [1.82, 2.24) is 0 Å². The maximum Gasteiger partial charge on any atom is 0.331 e. The van der Waals surface area contributed by atoms with Crippen LogP contribution >= 0.6 is 0 Å². The van der Waals surface area contributed by atoms with E-state index in [1.807, 2.05) is 6.08 Å². The van der Waals surface area contributed by atoms with E-state index in [-0.39, 0.29) is 5.60 Å². The van der Waals surface area contributed by atoms with Crippen molar-refractivity contribution in [2.45, 2.75) is 37.7 Å². The van der Waals surface area contributed by atoms with Gasteiger partial charge in [-0.3, -0.25) is 0 Å². The maximum atomic E-state index is 10.8. The van der Waals surface area contributed by atoms with E-state index >= 15 is 0 Å². The Hall–Kier alpha value is -0.830. The summed E-state index contributed by atoms with van der Waals surface area (Å²) in [6.45, 7) is 0.799. The minimum Gasteiger partial charge on any atom is -0.478 e. The molecule has 0 amide bonds. The molecule has 13 heavy (non-hydrogen) atoms. The first-order chi connectivity index (χ1) is 6.22. The van der Waals surface area contributed by atoms with Crippen LogP contribution in [0, 0.1) is 0 Å². The Balaban J connectivity index is 2.11. The molecule has 2 rings (SSSR count). The molecule has 1 unspecified atom stereocenters. The summed E-state index contributed by atoms with van der Waals surface area (Å²) in [6.07, 6.45) is 6.37. The molecule has 1 N–H and O–H groups in total. The van der Waals surface area contributed by atoms with E-state index in [0.29, 0.717) is 12.0 Å². The van der Waals surface area contributed by atoms with Crippen LogP contribution in [0.4, 0.5) is 0 Å². The fourth-order valence-corrected chi connectivity index (χ4v) is 2.27. The smallest absolute Gasteiger partial charge is 0.331 e. The molecule has 0 radical (unpaired) electrons. The van der Waals surface area contributed by atoms with E-state index in [9.17, 15) is 4.79 Å². The van der Waals surface area contributed by atoms with Gasteiger partial charge in [0.2, 0.25) is 0 Å². The number of ether oxygens (including phenoxy) is 1. The second kappa shape index (κ2) is 3.14.